The number of hydrogen-bond acceptors (Lipinski definition) is 3. The van der Waals surface area contributed by atoms with Gasteiger partial charge < -0.3 is 13.7 Å². The molecule has 9 heteroatoms. The number of pyridine rings is 3. The zero-order chi connectivity index (χ0) is 94.8. The molecule has 30 rings (SSSR count). The average molecular weight is 1840 g/mol. The van der Waals surface area contributed by atoms with Crippen LogP contribution in [0.5, 0.6) is 0 Å². The van der Waals surface area contributed by atoms with E-state index in [2.05, 4.69) is 555 Å². The molecular formula is C135H87N9. The van der Waals surface area contributed by atoms with Gasteiger partial charge in [-0.2, -0.15) is 0 Å². The monoisotopic (exact) mass is 1830 g/mol. The minimum absolute atomic E-state index is 0.931. The molecule has 0 bridgehead atoms. The number of fused-ring (bicyclic) bond motifs is 29. The molecule has 0 fully saturated rings. The molecule has 0 N–H and O–H groups in total. The van der Waals surface area contributed by atoms with Crippen LogP contribution in [0.2, 0.25) is 0 Å². The first kappa shape index (κ1) is 82.9. The van der Waals surface area contributed by atoms with Gasteiger partial charge in [0.05, 0.1) is 83.3 Å². The van der Waals surface area contributed by atoms with Crippen molar-refractivity contribution >= 4 is 147 Å². The highest BCUT2D eigenvalue weighted by atomic mass is 15.1. The summed E-state index contributed by atoms with van der Waals surface area (Å²) < 4.78 is 14.5. The van der Waals surface area contributed by atoms with Crippen LogP contribution in [-0.2, 0) is 0 Å². The lowest BCUT2D eigenvalue weighted by atomic mass is 9.96. The van der Waals surface area contributed by atoms with Crippen molar-refractivity contribution in [3.63, 3.8) is 0 Å². The number of rotatable bonds is 12. The fourth-order valence-electron chi connectivity index (χ4n) is 22.7. The van der Waals surface area contributed by atoms with Gasteiger partial charge in [0, 0.05) is 115 Å². The maximum absolute atomic E-state index is 5.55. The quantitative estimate of drug-likeness (QED) is 0.115. The molecule has 0 saturated carbocycles. The van der Waals surface area contributed by atoms with E-state index in [-0.39, 0.29) is 0 Å². The highest BCUT2D eigenvalue weighted by Crippen LogP contribution is 2.51. The van der Waals surface area contributed by atoms with Crippen LogP contribution in [0, 0.1) is 0 Å². The molecule has 21 aromatic carbocycles. The molecule has 0 atom stereocenters. The summed E-state index contributed by atoms with van der Waals surface area (Å²) in [5.41, 5.74) is 33.9. The number of aromatic nitrogens is 9. The molecule has 30 aromatic rings. The van der Waals surface area contributed by atoms with Crippen LogP contribution in [-0.4, -0.2) is 41.9 Å². The summed E-state index contributed by atoms with van der Waals surface area (Å²) in [6.07, 6.45) is 0. The van der Waals surface area contributed by atoms with Gasteiger partial charge in [0.15, 0.2) is 0 Å². The Bertz CT molecular complexity index is 10200. The minimum Gasteiger partial charge on any atom is -0.309 e. The summed E-state index contributed by atoms with van der Waals surface area (Å²) in [5.74, 6) is 2.81. The Hall–Kier alpha value is -19.4. The van der Waals surface area contributed by atoms with Gasteiger partial charge in [-0.3, -0.25) is 13.2 Å². The van der Waals surface area contributed by atoms with Gasteiger partial charge >= 0.3 is 0 Å². The van der Waals surface area contributed by atoms with Crippen LogP contribution in [0.1, 0.15) is 0 Å². The lowest BCUT2D eigenvalue weighted by Crippen LogP contribution is -1.98. The Morgan fingerprint density at radius 3 is 0.819 bits per heavy atom. The number of imidazole rings is 3. The van der Waals surface area contributed by atoms with Crippen molar-refractivity contribution in [1.82, 2.24) is 41.9 Å². The smallest absolute Gasteiger partial charge is 0.145 e. The summed E-state index contributed by atoms with van der Waals surface area (Å²) in [4.78, 5) is 16.6. The molecule has 672 valence electrons. The molecule has 0 aliphatic carbocycles. The fourth-order valence-corrected chi connectivity index (χ4v) is 22.7. The van der Waals surface area contributed by atoms with Crippen molar-refractivity contribution in [2.45, 2.75) is 0 Å². The third kappa shape index (κ3) is 13.5. The van der Waals surface area contributed by atoms with Crippen LogP contribution >= 0.6 is 0 Å². The number of hydrogen-bond donors (Lipinski definition) is 0. The van der Waals surface area contributed by atoms with E-state index in [9.17, 15) is 0 Å². The van der Waals surface area contributed by atoms with Gasteiger partial charge in [0.2, 0.25) is 0 Å². The van der Waals surface area contributed by atoms with Crippen molar-refractivity contribution in [2.24, 2.45) is 0 Å². The second-order valence-corrected chi connectivity index (χ2v) is 37.1. The van der Waals surface area contributed by atoms with E-state index in [4.69, 9.17) is 15.0 Å². The van der Waals surface area contributed by atoms with Crippen molar-refractivity contribution in [1.29, 1.82) is 0 Å². The Balaban J connectivity index is 0.000000105. The van der Waals surface area contributed by atoms with E-state index in [1.807, 2.05) is 0 Å². The largest absolute Gasteiger partial charge is 0.309 e. The zero-order valence-corrected chi connectivity index (χ0v) is 78.3. The third-order valence-electron chi connectivity index (χ3n) is 29.0. The lowest BCUT2D eigenvalue weighted by molar-refractivity contribution is 1.18. The predicted octanol–water partition coefficient (Wildman–Crippen LogP) is 35.2. The summed E-state index contributed by atoms with van der Waals surface area (Å²) >= 11 is 0. The standard InChI is InChI=1S/3C45H29N3/c1-5-15-30(16-6-1)33-25-26-36-37-29-42-38(35-23-13-14-24-40(35)47(42)34-21-11-4-12-22-34)28-39(37)44-43(31-17-7-2-8-18-31)46-45(48(44)41(36)27-33)32-19-9-3-10-20-32;1-5-15-30(16-6-1)33-25-26-35-36-27-28-39-41(37-23-13-14-24-38(37)47(39)34-21-11-4-12-22-34)42(36)44-43(31-17-7-2-8-18-31)46-45(48(44)40(35)29-33)32-19-9-3-10-20-32;1-5-15-30(16-6-1)33-25-26-36-37-27-28-38-35-23-13-14-24-39(35)47(34-21-11-4-12-22-34)43(38)41(37)44-42(31-17-7-2-8-18-31)46-45(48(44)40(36)29-33)32-19-9-3-10-20-32/h3*1-29H. The van der Waals surface area contributed by atoms with E-state index in [0.717, 1.165) is 118 Å². The van der Waals surface area contributed by atoms with Gasteiger partial charge in [0.1, 0.15) is 17.5 Å². The van der Waals surface area contributed by atoms with E-state index in [1.165, 1.54) is 147 Å². The number of para-hydroxylation sites is 6. The maximum Gasteiger partial charge on any atom is 0.145 e. The molecule has 0 saturated heterocycles. The molecule has 0 aliphatic heterocycles. The van der Waals surface area contributed by atoms with E-state index < -0.39 is 0 Å². The maximum atomic E-state index is 5.55. The van der Waals surface area contributed by atoms with Crippen LogP contribution in [0.15, 0.2) is 528 Å². The topological polar surface area (TPSA) is 66.7 Å². The Kier molecular flexibility index (Phi) is 19.8. The average Bonchev–Trinajstić information content (AvgIpc) is 1.57. The SMILES string of the molecule is c1ccc(-c2ccc3c4cc5c(cc4c4c(-c6ccccc6)nc(-c6ccccc6)n4c3c2)c2ccccc2n5-c2ccccc2)cc1.c1ccc(-c2ccc3c4ccc5c(c6ccccc6n5-c5ccccc5)c4c4c(-c5ccccc5)nc(-c5ccccc5)n4c3c2)cc1.c1ccc(-c2ccc3c4ccc5c6ccccc6n(-c6ccccc6)c5c4c4c(-c5ccccc5)nc(-c5ccccc5)n4c3c2)cc1. The molecular weight excluding hydrogens is 1750 g/mol. The van der Waals surface area contributed by atoms with Gasteiger partial charge in [-0.25, -0.2) is 15.0 Å². The second kappa shape index (κ2) is 34.4. The summed E-state index contributed by atoms with van der Waals surface area (Å²) in [7, 11) is 0. The molecule has 9 nitrogen and oxygen atoms in total. The van der Waals surface area contributed by atoms with Crippen LogP contribution in [0.4, 0.5) is 0 Å². The van der Waals surface area contributed by atoms with Crippen LogP contribution < -0.4 is 0 Å². The lowest BCUT2D eigenvalue weighted by Gasteiger charge is -2.16. The number of benzene rings is 21. The summed E-state index contributed by atoms with van der Waals surface area (Å²) in [6, 6.07) is 189. The first-order valence-electron chi connectivity index (χ1n) is 49.2. The first-order chi connectivity index (χ1) is 71.5. The van der Waals surface area contributed by atoms with E-state index >= 15 is 0 Å². The highest BCUT2D eigenvalue weighted by Gasteiger charge is 2.30. The molecule has 0 aliphatic rings. The fraction of sp³-hybridized carbons (Fsp3) is 0. The molecule has 9 aromatic heterocycles. The Morgan fingerprint density at radius 1 is 0.125 bits per heavy atom. The Labute approximate surface area is 829 Å². The molecule has 0 spiro atoms. The summed E-state index contributed by atoms with van der Waals surface area (Å²) in [5, 5.41) is 18.2. The molecule has 0 amide bonds. The van der Waals surface area contributed by atoms with Crippen molar-refractivity contribution in [2.75, 3.05) is 0 Å². The van der Waals surface area contributed by atoms with Gasteiger partial charge in [-0.1, -0.05) is 437 Å². The molecule has 9 heterocycles. The van der Waals surface area contributed by atoms with Crippen molar-refractivity contribution in [3.8, 4) is 118 Å². The van der Waals surface area contributed by atoms with Crippen molar-refractivity contribution in [3.05, 3.63) is 528 Å². The van der Waals surface area contributed by atoms with E-state index in [0.29, 0.717) is 0 Å². The molecule has 0 unspecified atom stereocenters. The highest BCUT2D eigenvalue weighted by molar-refractivity contribution is 6.33. The van der Waals surface area contributed by atoms with Gasteiger partial charge in [-0.15, -0.1) is 0 Å². The van der Waals surface area contributed by atoms with Gasteiger partial charge in [-0.05, 0) is 141 Å². The van der Waals surface area contributed by atoms with E-state index in [1.54, 1.807) is 0 Å². The number of nitrogens with zero attached hydrogens (tertiary/aromatic N) is 9. The molecule has 0 radical (unpaired) electrons. The normalized spacial score (nSPS) is 11.8. The molecule has 144 heavy (non-hydrogen) atoms. The predicted molar refractivity (Wildman–Crippen MR) is 603 cm³/mol. The zero-order valence-electron chi connectivity index (χ0n) is 78.3. The first-order valence-corrected chi connectivity index (χ1v) is 49.2. The van der Waals surface area contributed by atoms with Crippen molar-refractivity contribution < 1.29 is 0 Å². The third-order valence-corrected chi connectivity index (χ3v) is 29.0. The summed E-state index contributed by atoms with van der Waals surface area (Å²) in [6.45, 7) is 0. The Morgan fingerprint density at radius 2 is 0.403 bits per heavy atom. The van der Waals surface area contributed by atoms with Crippen LogP contribution in [0.3, 0.4) is 0 Å². The van der Waals surface area contributed by atoms with Gasteiger partial charge in [0.25, 0.3) is 0 Å². The van der Waals surface area contributed by atoms with Crippen LogP contribution in [0.25, 0.3) is 265 Å². The second-order valence-electron chi connectivity index (χ2n) is 37.1. The minimum atomic E-state index is 0.931.